The third kappa shape index (κ3) is 6.14. The van der Waals surface area contributed by atoms with E-state index in [1.165, 1.54) is 13.8 Å². The van der Waals surface area contributed by atoms with Crippen molar-refractivity contribution in [1.82, 2.24) is 5.32 Å². The number of alkyl carbamates (subject to hydrolysis) is 1. The summed E-state index contributed by atoms with van der Waals surface area (Å²) in [4.78, 5) is 49.9. The molecular formula is C33H35NO6. The van der Waals surface area contributed by atoms with E-state index >= 15 is 0 Å². The minimum Gasteiger partial charge on any atom is -0.464 e. The van der Waals surface area contributed by atoms with E-state index in [0.29, 0.717) is 11.1 Å². The first-order chi connectivity index (χ1) is 18.8. The Morgan fingerprint density at radius 2 is 1.20 bits per heavy atom. The number of benzene rings is 3. The Bertz CT molecular complexity index is 1380. The molecule has 1 amide bonds. The molecule has 0 bridgehead atoms. The minimum absolute atomic E-state index is 0.0204. The largest absolute Gasteiger partial charge is 0.464 e. The number of ether oxygens (including phenoxy) is 2. The average Bonchev–Trinajstić information content (AvgIpc) is 3.25. The van der Waals surface area contributed by atoms with Gasteiger partial charge in [0.2, 0.25) is 0 Å². The van der Waals surface area contributed by atoms with Gasteiger partial charge in [0.25, 0.3) is 0 Å². The number of carbonyl (C=O) groups excluding carboxylic acids is 4. The van der Waals surface area contributed by atoms with E-state index in [-0.39, 0.29) is 31.0 Å². The summed E-state index contributed by atoms with van der Waals surface area (Å²) in [6.45, 7) is 10.3. The summed E-state index contributed by atoms with van der Waals surface area (Å²) >= 11 is 0. The van der Waals surface area contributed by atoms with Crippen LogP contribution in [0.3, 0.4) is 0 Å². The van der Waals surface area contributed by atoms with Gasteiger partial charge in [0.1, 0.15) is 11.1 Å². The molecule has 40 heavy (non-hydrogen) atoms. The normalized spacial score (nSPS) is 13.8. The predicted molar refractivity (Wildman–Crippen MR) is 153 cm³/mol. The van der Waals surface area contributed by atoms with Crippen molar-refractivity contribution >= 4 is 23.6 Å². The number of amides is 1. The van der Waals surface area contributed by atoms with E-state index in [0.717, 1.165) is 33.4 Å². The summed E-state index contributed by atoms with van der Waals surface area (Å²) in [7, 11) is 0. The number of hydrogen-bond acceptors (Lipinski definition) is 6. The maximum atomic E-state index is 13.3. The maximum Gasteiger partial charge on any atom is 0.408 e. The topological polar surface area (TPSA) is 98.8 Å². The Morgan fingerprint density at radius 1 is 0.775 bits per heavy atom. The molecule has 7 heteroatoms. The van der Waals surface area contributed by atoms with Crippen molar-refractivity contribution in [1.29, 1.82) is 0 Å². The van der Waals surface area contributed by atoms with Gasteiger partial charge in [-0.1, -0.05) is 60.7 Å². The van der Waals surface area contributed by atoms with Crippen LogP contribution in [0.4, 0.5) is 4.79 Å². The molecule has 208 valence electrons. The molecule has 0 aromatic heterocycles. The van der Waals surface area contributed by atoms with Crippen molar-refractivity contribution in [3.63, 3.8) is 0 Å². The van der Waals surface area contributed by atoms with Crippen LogP contribution in [0, 0.1) is 0 Å². The van der Waals surface area contributed by atoms with Crippen molar-refractivity contribution in [2.75, 3.05) is 6.61 Å². The molecule has 3 aromatic carbocycles. The first kappa shape index (κ1) is 28.7. The fourth-order valence-electron chi connectivity index (χ4n) is 5.03. The van der Waals surface area contributed by atoms with Gasteiger partial charge < -0.3 is 14.8 Å². The second-order valence-corrected chi connectivity index (χ2v) is 11.2. The third-order valence-corrected chi connectivity index (χ3v) is 6.94. The molecule has 1 aliphatic carbocycles. The van der Waals surface area contributed by atoms with Gasteiger partial charge in [-0.3, -0.25) is 9.59 Å². The molecule has 0 saturated carbocycles. The number of rotatable bonds is 7. The zero-order valence-electron chi connectivity index (χ0n) is 23.8. The minimum atomic E-state index is -1.31. The molecule has 1 aliphatic rings. The molecule has 0 heterocycles. The first-order valence-electron chi connectivity index (χ1n) is 13.4. The van der Waals surface area contributed by atoms with Gasteiger partial charge in [0.15, 0.2) is 11.6 Å². The average molecular weight is 542 g/mol. The highest BCUT2D eigenvalue weighted by atomic mass is 16.6. The fraction of sp³-hybridized carbons (Fsp3) is 0.333. The highest BCUT2D eigenvalue weighted by Gasteiger charge is 2.47. The lowest BCUT2D eigenvalue weighted by Crippen LogP contribution is -2.57. The molecule has 0 fully saturated rings. The zero-order valence-corrected chi connectivity index (χ0v) is 23.8. The number of Topliss-reactive ketones (excluding diaryl/α,β-unsaturated/α-hetero) is 2. The molecule has 0 atom stereocenters. The lowest BCUT2D eigenvalue weighted by molar-refractivity contribution is -0.150. The third-order valence-electron chi connectivity index (χ3n) is 6.94. The lowest BCUT2D eigenvalue weighted by Gasteiger charge is -2.29. The van der Waals surface area contributed by atoms with Gasteiger partial charge in [0, 0.05) is 24.0 Å². The Morgan fingerprint density at radius 3 is 1.55 bits per heavy atom. The summed E-state index contributed by atoms with van der Waals surface area (Å²) in [5, 5.41) is 2.83. The monoisotopic (exact) mass is 541 g/mol. The van der Waals surface area contributed by atoms with Crippen LogP contribution in [0.15, 0.2) is 60.7 Å². The van der Waals surface area contributed by atoms with Gasteiger partial charge in [-0.25, -0.2) is 9.59 Å². The van der Waals surface area contributed by atoms with Crippen molar-refractivity contribution in [2.24, 2.45) is 0 Å². The highest BCUT2D eigenvalue weighted by Crippen LogP contribution is 2.40. The summed E-state index contributed by atoms with van der Waals surface area (Å²) in [6.07, 6.45) is -0.209. The van der Waals surface area contributed by atoms with E-state index in [4.69, 9.17) is 9.47 Å². The van der Waals surface area contributed by atoms with E-state index in [1.54, 1.807) is 52.0 Å². The quantitative estimate of drug-likeness (QED) is 0.276. The van der Waals surface area contributed by atoms with Crippen LogP contribution in [-0.2, 0) is 27.1 Å². The van der Waals surface area contributed by atoms with E-state index in [9.17, 15) is 19.2 Å². The van der Waals surface area contributed by atoms with Crippen molar-refractivity contribution in [3.8, 4) is 22.3 Å². The Balaban J connectivity index is 1.82. The molecule has 0 spiro atoms. The fourth-order valence-corrected chi connectivity index (χ4v) is 5.03. The van der Waals surface area contributed by atoms with Crippen LogP contribution in [0.2, 0.25) is 0 Å². The number of esters is 1. The molecule has 7 nitrogen and oxygen atoms in total. The maximum absolute atomic E-state index is 13.3. The second kappa shape index (κ2) is 11.1. The first-order valence-corrected chi connectivity index (χ1v) is 13.4. The number of hydrogen-bond donors (Lipinski definition) is 1. The molecule has 0 unspecified atom stereocenters. The van der Waals surface area contributed by atoms with Gasteiger partial charge in [0.05, 0.1) is 6.61 Å². The molecule has 0 aliphatic heterocycles. The Hall–Kier alpha value is -4.26. The van der Waals surface area contributed by atoms with Gasteiger partial charge in [-0.2, -0.15) is 0 Å². The molecule has 0 radical (unpaired) electrons. The van der Waals surface area contributed by atoms with E-state index in [2.05, 4.69) is 5.32 Å². The number of ketones is 2. The van der Waals surface area contributed by atoms with Gasteiger partial charge in [-0.15, -0.1) is 0 Å². The Labute approximate surface area is 234 Å². The lowest BCUT2D eigenvalue weighted by atomic mass is 9.90. The van der Waals surface area contributed by atoms with Gasteiger partial charge in [-0.05, 0) is 74.9 Å². The van der Waals surface area contributed by atoms with Crippen LogP contribution >= 0.6 is 0 Å². The van der Waals surface area contributed by atoms with Crippen molar-refractivity contribution < 1.29 is 28.7 Å². The number of fused-ring (bicyclic) bond motifs is 1. The summed E-state index contributed by atoms with van der Waals surface area (Å²) < 4.78 is 10.9. The van der Waals surface area contributed by atoms with Crippen molar-refractivity contribution in [3.05, 3.63) is 82.9 Å². The predicted octanol–water partition coefficient (Wildman–Crippen LogP) is 6.35. The summed E-state index contributed by atoms with van der Waals surface area (Å²) in [5.74, 6) is -0.558. The van der Waals surface area contributed by atoms with Gasteiger partial charge >= 0.3 is 12.1 Å². The SMILES string of the molecule is CCOC(=O)C1(NC(=O)OC(C)(C)C)Cc2cc(-c3ccc(C(C)=O)cc3)c(-c3ccc(C(C)=O)cc3)cc2C1. The zero-order chi connectivity index (χ0) is 29.2. The smallest absolute Gasteiger partial charge is 0.408 e. The van der Waals surface area contributed by atoms with Crippen LogP contribution in [-0.4, -0.2) is 41.4 Å². The van der Waals surface area contributed by atoms with E-state index < -0.39 is 23.2 Å². The standard InChI is InChI=1S/C33H35NO6/c1-7-39-30(37)33(34-31(38)40-32(4,5)6)18-26-16-28(24-12-8-22(9-13-24)20(2)35)29(17-27(26)19-33)25-14-10-23(11-15-25)21(3)36/h8-17H,7,18-19H2,1-6H3,(H,34,38). The number of nitrogens with one attached hydrogen (secondary N) is 1. The number of carbonyl (C=O) groups is 4. The molecule has 4 rings (SSSR count). The van der Waals surface area contributed by atoms with Crippen LogP contribution in [0.25, 0.3) is 22.3 Å². The molecule has 3 aromatic rings. The van der Waals surface area contributed by atoms with Crippen LogP contribution in [0.5, 0.6) is 0 Å². The second-order valence-electron chi connectivity index (χ2n) is 11.2. The Kier molecular flexibility index (Phi) is 7.96. The van der Waals surface area contributed by atoms with Crippen LogP contribution < -0.4 is 5.32 Å². The summed E-state index contributed by atoms with van der Waals surface area (Å²) in [6, 6.07) is 18.8. The highest BCUT2D eigenvalue weighted by molar-refractivity contribution is 5.96. The van der Waals surface area contributed by atoms with Crippen LogP contribution in [0.1, 0.15) is 73.4 Å². The molecule has 1 N–H and O–H groups in total. The summed E-state index contributed by atoms with van der Waals surface area (Å²) in [5.41, 5.74) is 4.58. The van der Waals surface area contributed by atoms with E-state index in [1.807, 2.05) is 36.4 Å². The molecule has 0 saturated heterocycles. The van der Waals surface area contributed by atoms with Crippen molar-refractivity contribution in [2.45, 2.75) is 65.5 Å². The molecular weight excluding hydrogens is 506 g/mol.